The van der Waals surface area contributed by atoms with Gasteiger partial charge in [0, 0.05) is 42.9 Å². The fourth-order valence-corrected chi connectivity index (χ4v) is 3.68. The Labute approximate surface area is 167 Å². The molecule has 0 amide bonds. The van der Waals surface area contributed by atoms with Gasteiger partial charge in [-0.1, -0.05) is 0 Å². The molecule has 4 rings (SSSR count). The average molecular weight is 401 g/mol. The number of pyridine rings is 1. The van der Waals surface area contributed by atoms with Crippen LogP contribution in [0.5, 0.6) is 0 Å². The van der Waals surface area contributed by atoms with Crippen LogP contribution >= 0.6 is 0 Å². The lowest BCUT2D eigenvalue weighted by atomic mass is 10.0. The van der Waals surface area contributed by atoms with Crippen molar-refractivity contribution >= 4 is 17.1 Å². The van der Waals surface area contributed by atoms with Crippen LogP contribution in [0.1, 0.15) is 23.7 Å². The summed E-state index contributed by atoms with van der Waals surface area (Å²) < 4.78 is 38.6. The molecule has 0 bridgehead atoms. The van der Waals surface area contributed by atoms with Crippen molar-refractivity contribution in [2.75, 3.05) is 23.8 Å². The Kier molecular flexibility index (Phi) is 4.64. The zero-order chi connectivity index (χ0) is 20.8. The number of anilines is 2. The summed E-state index contributed by atoms with van der Waals surface area (Å²) in [5.41, 5.74) is 7.28. The molecule has 1 atom stereocenters. The van der Waals surface area contributed by atoms with E-state index in [9.17, 15) is 13.2 Å². The van der Waals surface area contributed by atoms with Crippen LogP contribution in [-0.4, -0.2) is 29.6 Å². The summed E-state index contributed by atoms with van der Waals surface area (Å²) in [6.07, 6.45) is -0.408. The van der Waals surface area contributed by atoms with Gasteiger partial charge < -0.3 is 15.6 Å². The van der Waals surface area contributed by atoms with Crippen molar-refractivity contribution < 1.29 is 13.2 Å². The van der Waals surface area contributed by atoms with Crippen molar-refractivity contribution in [3.8, 4) is 0 Å². The number of hydrogen-bond acceptors (Lipinski definition) is 5. The third-order valence-corrected chi connectivity index (χ3v) is 5.11. The van der Waals surface area contributed by atoms with Gasteiger partial charge in [0.05, 0.1) is 17.3 Å². The maximum absolute atomic E-state index is 12.9. The van der Waals surface area contributed by atoms with Crippen LogP contribution in [-0.2, 0) is 6.18 Å². The molecular weight excluding hydrogens is 379 g/mol. The van der Waals surface area contributed by atoms with Gasteiger partial charge in [-0.05, 0) is 55.8 Å². The van der Waals surface area contributed by atoms with Crippen LogP contribution in [0.15, 0.2) is 54.5 Å². The van der Waals surface area contributed by atoms with E-state index in [0.717, 1.165) is 46.2 Å². The monoisotopic (exact) mass is 401 g/mol. The summed E-state index contributed by atoms with van der Waals surface area (Å²) in [5, 5.41) is 5.14. The molecule has 152 valence electrons. The summed E-state index contributed by atoms with van der Waals surface area (Å²) in [6, 6.07) is 9.40. The first-order valence-electron chi connectivity index (χ1n) is 9.35. The Balaban J connectivity index is 1.68. The molecule has 1 aromatic carbocycles. The van der Waals surface area contributed by atoms with E-state index in [4.69, 9.17) is 0 Å². The number of fused-ring (bicyclic) bond motifs is 1. The standard InChI is InChI=1S/C21H22F3N5/c1-13-8-15(9-20(25-3)27-13)18-10-26-29-14(2)11-28(12-19(18)29)17-6-4-16(5-7-17)21(22,23)24/h4-10,12,14,26H,11H2,1-3H3,(H,25,27)/t14-/m0/s1. The topological polar surface area (TPSA) is 43.4 Å². The molecule has 5 nitrogen and oxygen atoms in total. The number of hydrazine groups is 1. The van der Waals surface area contributed by atoms with Gasteiger partial charge in [0.15, 0.2) is 0 Å². The molecule has 2 aliphatic heterocycles. The minimum atomic E-state index is -4.33. The van der Waals surface area contributed by atoms with Crippen LogP contribution < -0.4 is 15.6 Å². The van der Waals surface area contributed by atoms with Gasteiger partial charge in [-0.3, -0.25) is 5.01 Å². The van der Waals surface area contributed by atoms with E-state index in [1.165, 1.54) is 12.1 Å². The lowest BCUT2D eigenvalue weighted by molar-refractivity contribution is -0.137. The van der Waals surface area contributed by atoms with Gasteiger partial charge in [0.25, 0.3) is 0 Å². The highest BCUT2D eigenvalue weighted by Gasteiger charge is 2.33. The van der Waals surface area contributed by atoms with Crippen molar-refractivity contribution in [1.82, 2.24) is 15.4 Å². The summed E-state index contributed by atoms with van der Waals surface area (Å²) in [5.74, 6) is 0.781. The molecule has 2 aromatic rings. The SMILES string of the molecule is CNc1cc(C2=CNN3C2=CN(c2ccc(C(F)(F)F)cc2)C[C@@H]3C)cc(C)n1. The van der Waals surface area contributed by atoms with Crippen molar-refractivity contribution in [2.24, 2.45) is 0 Å². The average Bonchev–Trinajstić information content (AvgIpc) is 3.11. The number of aryl methyl sites for hydroxylation is 1. The number of benzene rings is 1. The molecule has 1 aromatic heterocycles. The number of allylic oxidation sites excluding steroid dienone is 1. The van der Waals surface area contributed by atoms with E-state index in [-0.39, 0.29) is 6.04 Å². The van der Waals surface area contributed by atoms with Gasteiger partial charge >= 0.3 is 6.18 Å². The smallest absolute Gasteiger partial charge is 0.373 e. The Hall–Kier alpha value is -3.16. The molecule has 29 heavy (non-hydrogen) atoms. The highest BCUT2D eigenvalue weighted by atomic mass is 19.4. The molecule has 2 N–H and O–H groups in total. The van der Waals surface area contributed by atoms with E-state index >= 15 is 0 Å². The number of aromatic nitrogens is 1. The van der Waals surface area contributed by atoms with Gasteiger partial charge in [-0.2, -0.15) is 13.2 Å². The third-order valence-electron chi connectivity index (χ3n) is 5.11. The number of halogens is 3. The molecule has 0 spiro atoms. The Bertz CT molecular complexity index is 979. The molecule has 2 aliphatic rings. The second-order valence-electron chi connectivity index (χ2n) is 7.25. The molecule has 0 saturated heterocycles. The number of hydrogen-bond donors (Lipinski definition) is 2. The van der Waals surface area contributed by atoms with Crippen molar-refractivity contribution in [2.45, 2.75) is 26.1 Å². The largest absolute Gasteiger partial charge is 0.416 e. The highest BCUT2D eigenvalue weighted by Crippen LogP contribution is 2.36. The van der Waals surface area contributed by atoms with E-state index < -0.39 is 11.7 Å². The molecule has 8 heteroatoms. The van der Waals surface area contributed by atoms with Gasteiger partial charge in [0.1, 0.15) is 5.82 Å². The predicted octanol–water partition coefficient (Wildman–Crippen LogP) is 4.36. The van der Waals surface area contributed by atoms with Crippen LogP contribution in [0.4, 0.5) is 24.7 Å². The zero-order valence-electron chi connectivity index (χ0n) is 16.4. The van der Waals surface area contributed by atoms with Crippen molar-refractivity contribution in [3.05, 3.63) is 71.3 Å². The fourth-order valence-electron chi connectivity index (χ4n) is 3.68. The Morgan fingerprint density at radius 1 is 1.17 bits per heavy atom. The molecule has 0 fully saturated rings. The van der Waals surface area contributed by atoms with Crippen LogP contribution in [0.25, 0.3) is 5.57 Å². The molecule has 0 saturated carbocycles. The lowest BCUT2D eigenvalue weighted by Crippen LogP contribution is -2.47. The number of nitrogens with one attached hydrogen (secondary N) is 2. The second kappa shape index (κ2) is 7.02. The van der Waals surface area contributed by atoms with Crippen LogP contribution in [0.3, 0.4) is 0 Å². The maximum atomic E-state index is 12.9. The minimum Gasteiger partial charge on any atom is -0.373 e. The van der Waals surface area contributed by atoms with Crippen molar-refractivity contribution in [3.63, 3.8) is 0 Å². The second-order valence-corrected chi connectivity index (χ2v) is 7.25. The fraction of sp³-hybridized carbons (Fsp3) is 0.286. The van der Waals surface area contributed by atoms with Crippen LogP contribution in [0.2, 0.25) is 0 Å². The molecule has 3 heterocycles. The summed E-state index contributed by atoms with van der Waals surface area (Å²) in [4.78, 5) is 6.43. The quantitative estimate of drug-likeness (QED) is 0.800. The van der Waals surface area contributed by atoms with E-state index in [1.54, 1.807) is 0 Å². The zero-order valence-corrected chi connectivity index (χ0v) is 16.4. The minimum absolute atomic E-state index is 0.123. The van der Waals surface area contributed by atoms with E-state index in [0.29, 0.717) is 6.54 Å². The molecule has 0 radical (unpaired) electrons. The summed E-state index contributed by atoms with van der Waals surface area (Å²) in [7, 11) is 1.83. The van der Waals surface area contributed by atoms with Gasteiger partial charge in [-0.15, -0.1) is 0 Å². The Morgan fingerprint density at radius 3 is 2.55 bits per heavy atom. The first-order chi connectivity index (χ1) is 13.8. The lowest BCUT2D eigenvalue weighted by Gasteiger charge is -2.38. The number of rotatable bonds is 3. The maximum Gasteiger partial charge on any atom is 0.416 e. The first-order valence-corrected chi connectivity index (χ1v) is 9.35. The molecule has 0 aliphatic carbocycles. The van der Waals surface area contributed by atoms with Gasteiger partial charge in [-0.25, -0.2) is 4.98 Å². The molecular formula is C21H22F3N5. The Morgan fingerprint density at radius 2 is 1.90 bits per heavy atom. The van der Waals surface area contributed by atoms with E-state index in [1.807, 2.05) is 43.4 Å². The third kappa shape index (κ3) is 3.62. The number of nitrogens with zero attached hydrogens (tertiary/aromatic N) is 3. The summed E-state index contributed by atoms with van der Waals surface area (Å²) in [6.45, 7) is 4.67. The first kappa shape index (κ1) is 19.2. The van der Waals surface area contributed by atoms with Crippen molar-refractivity contribution in [1.29, 1.82) is 0 Å². The van der Waals surface area contributed by atoms with E-state index in [2.05, 4.69) is 27.7 Å². The number of alkyl halides is 3. The van der Waals surface area contributed by atoms with Gasteiger partial charge in [0.2, 0.25) is 0 Å². The normalized spacial score (nSPS) is 18.8. The summed E-state index contributed by atoms with van der Waals surface area (Å²) >= 11 is 0. The molecule has 0 unspecified atom stereocenters. The predicted molar refractivity (Wildman–Crippen MR) is 108 cm³/mol. The highest BCUT2D eigenvalue weighted by molar-refractivity contribution is 5.82. The van der Waals surface area contributed by atoms with Crippen LogP contribution in [0, 0.1) is 6.92 Å².